The molecule has 126 valence electrons. The van der Waals surface area contributed by atoms with E-state index in [0.29, 0.717) is 27.4 Å². The molecule has 0 aliphatic rings. The molecule has 0 radical (unpaired) electrons. The first-order valence-electron chi connectivity index (χ1n) is 8.19. The average Bonchev–Trinajstić information content (AvgIpc) is 3.06. The molecule has 1 aromatic heterocycles. The van der Waals surface area contributed by atoms with Gasteiger partial charge >= 0.3 is 0 Å². The van der Waals surface area contributed by atoms with Crippen LogP contribution >= 0.6 is 0 Å². The molecule has 0 amide bonds. The molecule has 5 nitrogen and oxygen atoms in total. The number of aromatic nitrogens is 3. The Balaban J connectivity index is 1.94. The number of para-hydroxylation sites is 1. The molecule has 4 aromatic rings. The molecule has 0 aliphatic carbocycles. The summed E-state index contributed by atoms with van der Waals surface area (Å²) in [6, 6.07) is 27.0. The number of hydrogen-bond donors (Lipinski definition) is 0. The van der Waals surface area contributed by atoms with Gasteiger partial charge in [0.15, 0.2) is 0 Å². The Morgan fingerprint density at radius 3 is 1.96 bits per heavy atom. The van der Waals surface area contributed by atoms with Gasteiger partial charge in [-0.15, -0.1) is 4.85 Å². The molecule has 4 rings (SSSR count). The molecule has 0 spiro atoms. The van der Waals surface area contributed by atoms with Gasteiger partial charge in [0.1, 0.15) is 5.69 Å². The van der Waals surface area contributed by atoms with Gasteiger partial charge in [-0.3, -0.25) is 4.79 Å². The lowest BCUT2D eigenvalue weighted by molar-refractivity contribution is -0.690. The summed E-state index contributed by atoms with van der Waals surface area (Å²) < 4.78 is 0. The van der Waals surface area contributed by atoms with E-state index in [2.05, 4.69) is 5.10 Å². The molecular weight excluding hydrogens is 326 g/mol. The van der Waals surface area contributed by atoms with E-state index in [9.17, 15) is 10.0 Å². The second-order valence-corrected chi connectivity index (χ2v) is 5.76. The van der Waals surface area contributed by atoms with Crippen LogP contribution in [0.3, 0.4) is 0 Å². The van der Waals surface area contributed by atoms with Crippen molar-refractivity contribution in [2.24, 2.45) is 0 Å². The molecule has 0 saturated carbocycles. The van der Waals surface area contributed by atoms with Crippen molar-refractivity contribution in [1.29, 1.82) is 0 Å². The van der Waals surface area contributed by atoms with Crippen molar-refractivity contribution >= 4 is 5.78 Å². The summed E-state index contributed by atoms with van der Waals surface area (Å²) >= 11 is 0. The molecule has 1 heterocycles. The summed E-state index contributed by atoms with van der Waals surface area (Å²) in [7, 11) is 0. The number of carbonyl (C=O) groups is 1. The van der Waals surface area contributed by atoms with Gasteiger partial charge in [-0.2, -0.15) is 0 Å². The number of rotatable bonds is 4. The minimum atomic E-state index is -0.360. The number of hydrogen-bond acceptors (Lipinski definition) is 3. The Morgan fingerprint density at radius 2 is 1.35 bits per heavy atom. The van der Waals surface area contributed by atoms with E-state index in [1.807, 2.05) is 54.6 Å². The van der Waals surface area contributed by atoms with Crippen LogP contribution in [0.5, 0.6) is 0 Å². The molecule has 5 heteroatoms. The third-order valence-electron chi connectivity index (χ3n) is 4.07. The number of nitrogens with zero attached hydrogens (tertiary/aromatic N) is 3. The van der Waals surface area contributed by atoms with Gasteiger partial charge in [-0.05, 0) is 16.9 Å². The van der Waals surface area contributed by atoms with E-state index in [1.165, 1.54) is 4.80 Å². The molecule has 0 unspecified atom stereocenters. The maximum atomic E-state index is 13.0. The normalized spacial score (nSPS) is 10.6. The van der Waals surface area contributed by atoms with Gasteiger partial charge < -0.3 is 5.21 Å². The van der Waals surface area contributed by atoms with Crippen molar-refractivity contribution in [2.45, 2.75) is 0 Å². The molecule has 0 saturated heterocycles. The van der Waals surface area contributed by atoms with Crippen LogP contribution < -0.4 is 4.85 Å². The van der Waals surface area contributed by atoms with Crippen molar-refractivity contribution in [3.8, 4) is 16.9 Å². The Kier molecular flexibility index (Phi) is 4.03. The number of benzene rings is 3. The van der Waals surface area contributed by atoms with Crippen LogP contribution in [-0.2, 0) is 0 Å². The summed E-state index contributed by atoms with van der Waals surface area (Å²) in [6.07, 6.45) is 0. The summed E-state index contributed by atoms with van der Waals surface area (Å²) in [4.78, 5) is 14.8. The second-order valence-electron chi connectivity index (χ2n) is 5.76. The fraction of sp³-hybridized carbons (Fsp3) is 0. The lowest BCUT2D eigenvalue weighted by Crippen LogP contribution is -2.42. The molecule has 26 heavy (non-hydrogen) atoms. The van der Waals surface area contributed by atoms with Crippen LogP contribution in [0.15, 0.2) is 91.0 Å². The third-order valence-corrected chi connectivity index (χ3v) is 4.07. The number of carbonyl (C=O) groups excluding carboxylic acids is 1. The van der Waals surface area contributed by atoms with Crippen molar-refractivity contribution in [2.75, 3.05) is 0 Å². The van der Waals surface area contributed by atoms with E-state index >= 15 is 0 Å². The molecule has 0 aliphatic heterocycles. The fourth-order valence-corrected chi connectivity index (χ4v) is 2.80. The van der Waals surface area contributed by atoms with Crippen molar-refractivity contribution < 1.29 is 9.64 Å². The van der Waals surface area contributed by atoms with E-state index in [4.69, 9.17) is 0 Å². The Morgan fingerprint density at radius 1 is 0.808 bits per heavy atom. The Bertz CT molecular complexity index is 1040. The first-order chi connectivity index (χ1) is 12.8. The highest BCUT2D eigenvalue weighted by atomic mass is 16.5. The van der Waals surface area contributed by atoms with Gasteiger partial charge in [0.25, 0.3) is 11.4 Å². The minimum Gasteiger partial charge on any atom is -0.692 e. The predicted molar refractivity (Wildman–Crippen MR) is 97.8 cm³/mol. The van der Waals surface area contributed by atoms with Gasteiger partial charge in [0.05, 0.1) is 5.10 Å². The van der Waals surface area contributed by atoms with Crippen LogP contribution in [0.1, 0.15) is 16.1 Å². The van der Waals surface area contributed by atoms with Gasteiger partial charge in [0, 0.05) is 11.1 Å². The molecule has 0 atom stereocenters. The largest absolute Gasteiger partial charge is 0.692 e. The predicted octanol–water partition coefficient (Wildman–Crippen LogP) is 3.40. The molecular formula is C21H15N3O2. The topological polar surface area (TPSA) is 61.8 Å². The molecule has 0 N–H and O–H groups in total. The van der Waals surface area contributed by atoms with E-state index < -0.39 is 0 Å². The molecule has 0 fully saturated rings. The minimum absolute atomic E-state index is 0.00579. The lowest BCUT2D eigenvalue weighted by Gasteiger charge is -2.06. The lowest BCUT2D eigenvalue weighted by atomic mass is 10.0. The Hall–Kier alpha value is -3.73. The summed E-state index contributed by atoms with van der Waals surface area (Å²) in [5.41, 5.74) is 2.12. The van der Waals surface area contributed by atoms with E-state index in [1.54, 1.807) is 36.4 Å². The van der Waals surface area contributed by atoms with Crippen LogP contribution in [0.25, 0.3) is 16.9 Å². The molecule has 3 aromatic carbocycles. The van der Waals surface area contributed by atoms with Crippen molar-refractivity contribution in [1.82, 2.24) is 9.90 Å². The smallest absolute Gasteiger partial charge is 0.261 e. The maximum Gasteiger partial charge on any atom is 0.261 e. The van der Waals surface area contributed by atoms with Crippen LogP contribution in [0, 0.1) is 5.21 Å². The first-order valence-corrected chi connectivity index (χ1v) is 8.19. The zero-order valence-corrected chi connectivity index (χ0v) is 13.8. The fourth-order valence-electron chi connectivity index (χ4n) is 2.80. The molecule has 0 bridgehead atoms. The van der Waals surface area contributed by atoms with E-state index in [0.717, 1.165) is 0 Å². The SMILES string of the molecule is O=C(c1ccccc1)c1c(-c2ccccc2)nn(-c2ccccc2)[n+]1[O-]. The number of ketones is 1. The maximum absolute atomic E-state index is 13.0. The first kappa shape index (κ1) is 15.8. The van der Waals surface area contributed by atoms with Crippen LogP contribution in [0.2, 0.25) is 0 Å². The van der Waals surface area contributed by atoms with Gasteiger partial charge in [0.2, 0.25) is 5.78 Å². The quantitative estimate of drug-likeness (QED) is 0.325. The zero-order chi connectivity index (χ0) is 17.9. The highest BCUT2D eigenvalue weighted by Crippen LogP contribution is 2.22. The second kappa shape index (κ2) is 6.64. The summed E-state index contributed by atoms with van der Waals surface area (Å²) in [5, 5.41) is 17.4. The average molecular weight is 341 g/mol. The zero-order valence-electron chi connectivity index (χ0n) is 13.8. The monoisotopic (exact) mass is 341 g/mol. The standard InChI is InChI=1S/C21H15N3O2/c25-21(17-12-6-2-7-13-17)20-19(16-10-4-1-5-11-16)22-23(24(20)26)18-14-8-3-9-15-18/h1-15H. The van der Waals surface area contributed by atoms with Crippen molar-refractivity contribution in [3.63, 3.8) is 0 Å². The highest BCUT2D eigenvalue weighted by Gasteiger charge is 2.31. The highest BCUT2D eigenvalue weighted by molar-refractivity contribution is 6.09. The van der Waals surface area contributed by atoms with Crippen LogP contribution in [-0.4, -0.2) is 15.7 Å². The Labute approximate surface area is 150 Å². The third kappa shape index (κ3) is 2.75. The van der Waals surface area contributed by atoms with Gasteiger partial charge in [-0.1, -0.05) is 78.9 Å². The van der Waals surface area contributed by atoms with Gasteiger partial charge in [-0.25, -0.2) is 0 Å². The van der Waals surface area contributed by atoms with Crippen molar-refractivity contribution in [3.05, 3.63) is 107 Å². The van der Waals surface area contributed by atoms with E-state index in [-0.39, 0.29) is 11.5 Å². The summed E-state index contributed by atoms with van der Waals surface area (Å²) in [6.45, 7) is 0. The summed E-state index contributed by atoms with van der Waals surface area (Å²) in [5.74, 6) is -0.360. The van der Waals surface area contributed by atoms with Crippen LogP contribution in [0.4, 0.5) is 0 Å².